The van der Waals surface area contributed by atoms with Crippen molar-refractivity contribution in [3.8, 4) is 11.1 Å². The van der Waals surface area contributed by atoms with Crippen LogP contribution in [0.4, 0.5) is 0 Å². The molecule has 5 heteroatoms. The van der Waals surface area contributed by atoms with Crippen LogP contribution in [-0.2, 0) is 6.54 Å². The highest BCUT2D eigenvalue weighted by Crippen LogP contribution is 2.26. The van der Waals surface area contributed by atoms with Crippen LogP contribution in [0.5, 0.6) is 0 Å². The van der Waals surface area contributed by atoms with Gasteiger partial charge in [0.1, 0.15) is 0 Å². The Morgan fingerprint density at radius 1 is 1.09 bits per heavy atom. The lowest BCUT2D eigenvalue weighted by atomic mass is 10.1. The summed E-state index contributed by atoms with van der Waals surface area (Å²) < 4.78 is 2.01. The third-order valence-electron chi connectivity index (χ3n) is 3.56. The Hall–Kier alpha value is -1.85. The molecule has 0 bridgehead atoms. The molecule has 0 atom stereocenters. The third-order valence-corrected chi connectivity index (χ3v) is 5.07. The summed E-state index contributed by atoms with van der Waals surface area (Å²) in [5, 5.41) is 4.32. The first-order valence-corrected chi connectivity index (χ1v) is 9.15. The summed E-state index contributed by atoms with van der Waals surface area (Å²) >= 11 is 5.13. The molecule has 0 saturated carbocycles. The second-order valence-corrected chi connectivity index (χ2v) is 6.72. The van der Waals surface area contributed by atoms with Crippen LogP contribution in [0.1, 0.15) is 5.56 Å². The zero-order valence-electron chi connectivity index (χ0n) is 12.6. The summed E-state index contributed by atoms with van der Waals surface area (Å²) in [4.78, 5) is 13.7. The molecule has 0 saturated heterocycles. The number of aromatic nitrogens is 2. The van der Waals surface area contributed by atoms with Crippen LogP contribution in [-0.4, -0.2) is 16.0 Å². The Kier molecular flexibility index (Phi) is 4.98. The highest BCUT2D eigenvalue weighted by molar-refractivity contribution is 9.10. The molecule has 0 amide bonds. The second-order valence-electron chi connectivity index (χ2n) is 5.05. The first-order chi connectivity index (χ1) is 11.2. The molecule has 3 nitrogen and oxygen atoms in total. The van der Waals surface area contributed by atoms with Crippen molar-refractivity contribution in [2.45, 2.75) is 11.4 Å². The lowest BCUT2D eigenvalue weighted by molar-refractivity contribution is 0.636. The first kappa shape index (κ1) is 16.0. The maximum atomic E-state index is 12.5. The zero-order valence-corrected chi connectivity index (χ0v) is 15.0. The van der Waals surface area contributed by atoms with Crippen LogP contribution < -0.4 is 5.56 Å². The molecule has 0 fully saturated rings. The van der Waals surface area contributed by atoms with E-state index in [4.69, 9.17) is 0 Å². The van der Waals surface area contributed by atoms with Gasteiger partial charge >= 0.3 is 0 Å². The quantitative estimate of drug-likeness (QED) is 0.621. The SMILES string of the molecule is CSc1ccc(-c2cnn(Cc3ccccc3)c(=O)c2Br)cc1. The molecule has 0 unspecified atom stereocenters. The molecule has 1 aromatic heterocycles. The minimum Gasteiger partial charge on any atom is -0.266 e. The van der Waals surface area contributed by atoms with Crippen molar-refractivity contribution in [3.05, 3.63) is 81.2 Å². The van der Waals surface area contributed by atoms with E-state index in [1.165, 1.54) is 9.58 Å². The zero-order chi connectivity index (χ0) is 16.2. The molecule has 0 aliphatic carbocycles. The average Bonchev–Trinajstić information content (AvgIpc) is 2.60. The summed E-state index contributed by atoms with van der Waals surface area (Å²) in [6.45, 7) is 0.462. The minimum atomic E-state index is -0.125. The van der Waals surface area contributed by atoms with Crippen molar-refractivity contribution in [1.29, 1.82) is 0 Å². The number of rotatable bonds is 4. The molecular weight excluding hydrogens is 372 g/mol. The highest BCUT2D eigenvalue weighted by atomic mass is 79.9. The fourth-order valence-electron chi connectivity index (χ4n) is 2.31. The summed E-state index contributed by atoms with van der Waals surface area (Å²) in [6.07, 6.45) is 3.78. The number of halogens is 1. The first-order valence-electron chi connectivity index (χ1n) is 7.13. The molecule has 0 N–H and O–H groups in total. The summed E-state index contributed by atoms with van der Waals surface area (Å²) in [7, 11) is 0. The molecule has 23 heavy (non-hydrogen) atoms. The van der Waals surface area contributed by atoms with Gasteiger partial charge in [-0.2, -0.15) is 5.10 Å². The number of hydrogen-bond donors (Lipinski definition) is 0. The Labute approximate surface area is 147 Å². The predicted octanol–water partition coefficient (Wildman–Crippen LogP) is 4.44. The van der Waals surface area contributed by atoms with Gasteiger partial charge in [0, 0.05) is 10.5 Å². The molecule has 0 radical (unpaired) electrons. The molecule has 0 aliphatic rings. The summed E-state index contributed by atoms with van der Waals surface area (Å²) in [5.74, 6) is 0. The van der Waals surface area contributed by atoms with Gasteiger partial charge in [0.25, 0.3) is 5.56 Å². The molecule has 1 heterocycles. The average molecular weight is 387 g/mol. The maximum Gasteiger partial charge on any atom is 0.281 e. The number of hydrogen-bond acceptors (Lipinski definition) is 3. The molecule has 116 valence electrons. The van der Waals surface area contributed by atoms with E-state index in [2.05, 4.69) is 21.0 Å². The Morgan fingerprint density at radius 2 is 1.78 bits per heavy atom. The van der Waals surface area contributed by atoms with Crippen molar-refractivity contribution >= 4 is 27.7 Å². The Bertz CT molecular complexity index is 860. The molecular formula is C18H15BrN2OS. The number of nitrogens with zero attached hydrogens (tertiary/aromatic N) is 2. The maximum absolute atomic E-state index is 12.5. The van der Waals surface area contributed by atoms with Gasteiger partial charge in [-0.25, -0.2) is 4.68 Å². The smallest absolute Gasteiger partial charge is 0.266 e. The molecule has 0 aliphatic heterocycles. The van der Waals surface area contributed by atoms with Crippen LogP contribution in [0, 0.1) is 0 Å². The van der Waals surface area contributed by atoms with E-state index in [1.807, 2.05) is 60.9 Å². The van der Waals surface area contributed by atoms with Gasteiger partial charge in [-0.15, -0.1) is 11.8 Å². The standard InChI is InChI=1S/C18H15BrN2OS/c1-23-15-9-7-14(8-10-15)16-11-20-21(18(22)17(16)19)12-13-5-3-2-4-6-13/h2-11H,12H2,1H3. The van der Waals surface area contributed by atoms with E-state index >= 15 is 0 Å². The molecule has 0 spiro atoms. The van der Waals surface area contributed by atoms with Crippen LogP contribution in [0.25, 0.3) is 11.1 Å². The molecule has 2 aromatic carbocycles. The van der Waals surface area contributed by atoms with Crippen molar-refractivity contribution in [3.63, 3.8) is 0 Å². The van der Waals surface area contributed by atoms with E-state index in [-0.39, 0.29) is 5.56 Å². The van der Waals surface area contributed by atoms with Gasteiger partial charge < -0.3 is 0 Å². The van der Waals surface area contributed by atoms with Crippen LogP contribution in [0.2, 0.25) is 0 Å². The van der Waals surface area contributed by atoms with Crippen LogP contribution >= 0.6 is 27.7 Å². The lowest BCUT2D eigenvalue weighted by Crippen LogP contribution is -2.24. The van der Waals surface area contributed by atoms with E-state index < -0.39 is 0 Å². The van der Waals surface area contributed by atoms with E-state index in [0.29, 0.717) is 11.0 Å². The highest BCUT2D eigenvalue weighted by Gasteiger charge is 2.11. The van der Waals surface area contributed by atoms with E-state index in [1.54, 1.807) is 18.0 Å². The normalized spacial score (nSPS) is 10.7. The van der Waals surface area contributed by atoms with Crippen molar-refractivity contribution in [2.24, 2.45) is 0 Å². The van der Waals surface area contributed by atoms with Gasteiger partial charge in [0.05, 0.1) is 17.2 Å². The largest absolute Gasteiger partial charge is 0.281 e. The summed E-state index contributed by atoms with van der Waals surface area (Å²) in [5.41, 5.74) is 2.71. The minimum absolute atomic E-state index is 0.125. The van der Waals surface area contributed by atoms with Crippen LogP contribution in [0.3, 0.4) is 0 Å². The molecule has 3 rings (SSSR count). The van der Waals surface area contributed by atoms with E-state index in [0.717, 1.165) is 16.7 Å². The number of thioether (sulfide) groups is 1. The van der Waals surface area contributed by atoms with Gasteiger partial charge in [-0.3, -0.25) is 4.79 Å². The summed E-state index contributed by atoms with van der Waals surface area (Å²) in [6, 6.07) is 17.9. The van der Waals surface area contributed by atoms with Crippen LogP contribution in [0.15, 0.2) is 75.0 Å². The monoisotopic (exact) mass is 386 g/mol. The van der Waals surface area contributed by atoms with Gasteiger partial charge in [0.2, 0.25) is 0 Å². The lowest BCUT2D eigenvalue weighted by Gasteiger charge is -2.09. The van der Waals surface area contributed by atoms with Gasteiger partial charge in [0.15, 0.2) is 0 Å². The topological polar surface area (TPSA) is 34.9 Å². The van der Waals surface area contributed by atoms with Gasteiger partial charge in [-0.1, -0.05) is 42.5 Å². The van der Waals surface area contributed by atoms with Gasteiger partial charge in [-0.05, 0) is 45.4 Å². The van der Waals surface area contributed by atoms with Crippen molar-refractivity contribution in [1.82, 2.24) is 9.78 Å². The fraction of sp³-hybridized carbons (Fsp3) is 0.111. The second kappa shape index (κ2) is 7.15. The van der Waals surface area contributed by atoms with Crippen molar-refractivity contribution in [2.75, 3.05) is 6.26 Å². The third kappa shape index (κ3) is 3.57. The Morgan fingerprint density at radius 3 is 2.43 bits per heavy atom. The fourth-order valence-corrected chi connectivity index (χ4v) is 3.25. The predicted molar refractivity (Wildman–Crippen MR) is 99.0 cm³/mol. The molecule has 3 aromatic rings. The van der Waals surface area contributed by atoms with Crippen molar-refractivity contribution < 1.29 is 0 Å². The Balaban J connectivity index is 1.95. The number of benzene rings is 2. The van der Waals surface area contributed by atoms with E-state index in [9.17, 15) is 4.79 Å².